The van der Waals surface area contributed by atoms with Gasteiger partial charge in [-0.3, -0.25) is 4.79 Å². The molecule has 0 saturated carbocycles. The fourth-order valence-corrected chi connectivity index (χ4v) is 3.21. The van der Waals surface area contributed by atoms with Crippen molar-refractivity contribution in [1.29, 1.82) is 5.26 Å². The zero-order valence-corrected chi connectivity index (χ0v) is 16.0. The van der Waals surface area contributed by atoms with Crippen LogP contribution in [0.15, 0.2) is 4.47 Å². The summed E-state index contributed by atoms with van der Waals surface area (Å²) in [6, 6.07) is 1.76. The molecule has 2 rings (SSSR count). The van der Waals surface area contributed by atoms with E-state index in [0.717, 1.165) is 0 Å². The number of piperidine rings is 1. The molecule has 8 nitrogen and oxygen atoms in total. The molecule has 1 aliphatic rings. The number of halogens is 1. The smallest absolute Gasteiger partial charge is 0.409 e. The van der Waals surface area contributed by atoms with Gasteiger partial charge < -0.3 is 24.7 Å². The van der Waals surface area contributed by atoms with Gasteiger partial charge in [-0.2, -0.15) is 5.26 Å². The van der Waals surface area contributed by atoms with Crippen molar-refractivity contribution in [2.75, 3.05) is 26.8 Å². The highest BCUT2D eigenvalue weighted by atomic mass is 79.9. The number of methoxy groups -OCH3 is 1. The van der Waals surface area contributed by atoms with Crippen molar-refractivity contribution in [3.63, 3.8) is 0 Å². The fourth-order valence-electron chi connectivity index (χ4n) is 2.82. The van der Waals surface area contributed by atoms with E-state index in [1.54, 1.807) is 18.7 Å². The standard InChI is InChI=1S/C16H21BrN4O4/c1-4-25-16(23)21-6-5-11(12(8-21)24-3)20-15(22)14-10(7-18)13(17)9(2)19-14/h11-12,19H,4-6,8H2,1-3H3,(H,20,22)/t11-,12+/m1/s1. The Morgan fingerprint density at radius 2 is 2.24 bits per heavy atom. The number of carbonyl (C=O) groups is 2. The molecule has 1 fully saturated rings. The van der Waals surface area contributed by atoms with Gasteiger partial charge >= 0.3 is 6.09 Å². The van der Waals surface area contributed by atoms with Gasteiger partial charge in [0.25, 0.3) is 5.91 Å². The molecule has 2 amide bonds. The number of hydrogen-bond acceptors (Lipinski definition) is 5. The van der Waals surface area contributed by atoms with Crippen molar-refractivity contribution in [2.24, 2.45) is 0 Å². The van der Waals surface area contributed by atoms with Crippen LogP contribution in [0.1, 0.15) is 35.1 Å². The van der Waals surface area contributed by atoms with E-state index in [0.29, 0.717) is 36.3 Å². The van der Waals surface area contributed by atoms with Gasteiger partial charge in [-0.25, -0.2) is 4.79 Å². The summed E-state index contributed by atoms with van der Waals surface area (Å²) < 4.78 is 11.0. The molecule has 1 aromatic heterocycles. The number of amides is 2. The van der Waals surface area contributed by atoms with Gasteiger partial charge in [0.1, 0.15) is 11.8 Å². The minimum atomic E-state index is -0.384. The number of aromatic nitrogens is 1. The van der Waals surface area contributed by atoms with Crippen molar-refractivity contribution < 1.29 is 19.1 Å². The number of H-pyrrole nitrogens is 1. The maximum Gasteiger partial charge on any atom is 0.409 e. The monoisotopic (exact) mass is 412 g/mol. The highest BCUT2D eigenvalue weighted by Crippen LogP contribution is 2.24. The second kappa shape index (κ2) is 8.36. The first-order chi connectivity index (χ1) is 11.9. The Morgan fingerprint density at radius 1 is 1.52 bits per heavy atom. The quantitative estimate of drug-likeness (QED) is 0.785. The lowest BCUT2D eigenvalue weighted by Gasteiger charge is -2.37. The molecule has 136 valence electrons. The van der Waals surface area contributed by atoms with Crippen molar-refractivity contribution >= 4 is 27.9 Å². The van der Waals surface area contributed by atoms with Gasteiger partial charge in [-0.05, 0) is 36.2 Å². The first kappa shape index (κ1) is 19.3. The predicted molar refractivity (Wildman–Crippen MR) is 93.2 cm³/mol. The molecule has 2 heterocycles. The zero-order valence-electron chi connectivity index (χ0n) is 14.4. The number of aromatic amines is 1. The van der Waals surface area contributed by atoms with E-state index in [4.69, 9.17) is 9.47 Å². The predicted octanol–water partition coefficient (Wildman–Crippen LogP) is 1.93. The Kier molecular flexibility index (Phi) is 6.45. The number of aryl methyl sites for hydroxylation is 1. The molecule has 2 atom stereocenters. The summed E-state index contributed by atoms with van der Waals surface area (Å²) in [6.45, 7) is 4.63. The third kappa shape index (κ3) is 4.14. The molecule has 0 unspecified atom stereocenters. The number of hydrogen-bond donors (Lipinski definition) is 2. The minimum Gasteiger partial charge on any atom is -0.450 e. The molecule has 1 aliphatic heterocycles. The lowest BCUT2D eigenvalue weighted by atomic mass is 10.0. The molecule has 25 heavy (non-hydrogen) atoms. The lowest BCUT2D eigenvalue weighted by Crippen LogP contribution is -2.56. The van der Waals surface area contributed by atoms with Crippen LogP contribution in [0.4, 0.5) is 4.79 Å². The van der Waals surface area contributed by atoms with Crippen LogP contribution in [-0.2, 0) is 9.47 Å². The van der Waals surface area contributed by atoms with Crippen LogP contribution in [0.3, 0.4) is 0 Å². The summed E-state index contributed by atoms with van der Waals surface area (Å²) in [6.07, 6.45) is -0.205. The van der Waals surface area contributed by atoms with Gasteiger partial charge in [0.05, 0.1) is 35.3 Å². The molecule has 1 aromatic rings. The summed E-state index contributed by atoms with van der Waals surface area (Å²) in [4.78, 5) is 28.9. The molecule has 0 spiro atoms. The van der Waals surface area contributed by atoms with Crippen molar-refractivity contribution in [3.8, 4) is 6.07 Å². The Morgan fingerprint density at radius 3 is 2.84 bits per heavy atom. The summed E-state index contributed by atoms with van der Waals surface area (Å²) in [5.74, 6) is -0.373. The Balaban J connectivity index is 2.08. The molecule has 9 heteroatoms. The van der Waals surface area contributed by atoms with Gasteiger partial charge in [0.2, 0.25) is 0 Å². The third-order valence-electron chi connectivity index (χ3n) is 4.15. The summed E-state index contributed by atoms with van der Waals surface area (Å²) in [5.41, 5.74) is 1.20. The molecule has 1 saturated heterocycles. The second-order valence-electron chi connectivity index (χ2n) is 5.71. The maximum absolute atomic E-state index is 12.6. The fraction of sp³-hybridized carbons (Fsp3) is 0.562. The maximum atomic E-state index is 12.6. The number of ether oxygens (including phenoxy) is 2. The first-order valence-corrected chi connectivity index (χ1v) is 8.75. The van der Waals surface area contributed by atoms with Crippen LogP contribution in [0.2, 0.25) is 0 Å². The normalized spacial score (nSPS) is 20.0. The van der Waals surface area contributed by atoms with Crippen LogP contribution in [0.5, 0.6) is 0 Å². The molecule has 0 aromatic carbocycles. The molecule has 2 N–H and O–H groups in total. The third-order valence-corrected chi connectivity index (χ3v) is 5.15. The van der Waals surface area contributed by atoms with Crippen molar-refractivity contribution in [2.45, 2.75) is 32.4 Å². The van der Waals surface area contributed by atoms with Gasteiger partial charge in [-0.15, -0.1) is 0 Å². The molecule has 0 bridgehead atoms. The number of rotatable bonds is 4. The Hall–Kier alpha value is -2.05. The van der Waals surface area contributed by atoms with E-state index in [1.165, 1.54) is 7.11 Å². The number of nitrogens with one attached hydrogen (secondary N) is 2. The molecular weight excluding hydrogens is 392 g/mol. The summed E-state index contributed by atoms with van der Waals surface area (Å²) in [7, 11) is 1.54. The largest absolute Gasteiger partial charge is 0.450 e. The Labute approximate surface area is 154 Å². The average molecular weight is 413 g/mol. The first-order valence-electron chi connectivity index (χ1n) is 7.96. The van der Waals surface area contributed by atoms with Gasteiger partial charge in [0, 0.05) is 19.3 Å². The van der Waals surface area contributed by atoms with Crippen LogP contribution < -0.4 is 5.32 Å². The second-order valence-corrected chi connectivity index (χ2v) is 6.51. The van der Waals surface area contributed by atoms with E-state index in [1.807, 2.05) is 6.07 Å². The molecular formula is C16H21BrN4O4. The Bertz CT molecular complexity index is 697. The average Bonchev–Trinajstić information content (AvgIpc) is 2.90. The van der Waals surface area contributed by atoms with E-state index in [9.17, 15) is 14.9 Å². The van der Waals surface area contributed by atoms with Crippen LogP contribution in [0.25, 0.3) is 0 Å². The molecule has 0 radical (unpaired) electrons. The van der Waals surface area contributed by atoms with Crippen LogP contribution in [-0.4, -0.2) is 60.8 Å². The summed E-state index contributed by atoms with van der Waals surface area (Å²) >= 11 is 3.30. The van der Waals surface area contributed by atoms with Gasteiger partial charge in [-0.1, -0.05) is 0 Å². The van der Waals surface area contributed by atoms with E-state index < -0.39 is 0 Å². The number of nitrogens with zero attached hydrogens (tertiary/aromatic N) is 2. The number of nitriles is 1. The van der Waals surface area contributed by atoms with E-state index >= 15 is 0 Å². The van der Waals surface area contributed by atoms with Crippen LogP contribution >= 0.6 is 15.9 Å². The lowest BCUT2D eigenvalue weighted by molar-refractivity contribution is 0.00450. The number of carbonyl (C=O) groups excluding carboxylic acids is 2. The van der Waals surface area contributed by atoms with Crippen molar-refractivity contribution in [1.82, 2.24) is 15.2 Å². The zero-order chi connectivity index (χ0) is 18.6. The minimum absolute atomic E-state index is 0.217. The van der Waals surface area contributed by atoms with E-state index in [-0.39, 0.29) is 35.4 Å². The highest BCUT2D eigenvalue weighted by molar-refractivity contribution is 9.10. The van der Waals surface area contributed by atoms with Gasteiger partial charge in [0.15, 0.2) is 0 Å². The summed E-state index contributed by atoms with van der Waals surface area (Å²) in [5, 5.41) is 12.1. The van der Waals surface area contributed by atoms with Crippen molar-refractivity contribution in [3.05, 3.63) is 21.4 Å². The number of likely N-dealkylation sites (tertiary alicyclic amines) is 1. The SMILES string of the molecule is CCOC(=O)N1CC[C@@H](NC(=O)c2[nH]c(C)c(Br)c2C#N)[C@@H](OC)C1. The van der Waals surface area contributed by atoms with Crippen LogP contribution in [0, 0.1) is 18.3 Å². The van der Waals surface area contributed by atoms with E-state index in [2.05, 4.69) is 26.2 Å². The highest BCUT2D eigenvalue weighted by Gasteiger charge is 2.34. The topological polar surface area (TPSA) is 107 Å². The molecule has 0 aliphatic carbocycles.